The molecule has 0 radical (unpaired) electrons. The Morgan fingerprint density at radius 1 is 0.897 bits per heavy atom. The predicted molar refractivity (Wildman–Crippen MR) is 123 cm³/mol. The number of hydrogen-bond donors (Lipinski definition) is 0. The molecule has 1 aliphatic carbocycles. The molecule has 0 N–H and O–H groups in total. The Bertz CT molecular complexity index is 1050. The quantitative estimate of drug-likeness (QED) is 0.535. The van der Waals surface area contributed by atoms with Gasteiger partial charge in [-0.05, 0) is 66.0 Å². The summed E-state index contributed by atoms with van der Waals surface area (Å²) in [6.07, 6.45) is 11.8. The maximum absolute atomic E-state index is 4.68. The maximum Gasteiger partial charge on any atom is 0.0702 e. The molecule has 1 aliphatic heterocycles. The lowest BCUT2D eigenvalue weighted by Crippen LogP contribution is -2.33. The van der Waals surface area contributed by atoms with Gasteiger partial charge in [0.1, 0.15) is 0 Å². The van der Waals surface area contributed by atoms with E-state index in [1.165, 1.54) is 60.0 Å². The molecule has 0 saturated heterocycles. The van der Waals surface area contributed by atoms with Gasteiger partial charge in [0.15, 0.2) is 0 Å². The summed E-state index contributed by atoms with van der Waals surface area (Å²) in [4.78, 5) is 7.31. The monoisotopic (exact) mass is 380 g/mol. The highest BCUT2D eigenvalue weighted by Gasteiger charge is 2.21. The lowest BCUT2D eigenvalue weighted by Gasteiger charge is -2.32. The largest absolute Gasteiger partial charge is 0.299 e. The summed E-state index contributed by atoms with van der Waals surface area (Å²) in [6, 6.07) is 21.6. The number of para-hydroxylation sites is 1. The Hall–Kier alpha value is -2.71. The Kier molecular flexibility index (Phi) is 5.27. The molecule has 2 heterocycles. The highest BCUT2D eigenvalue weighted by Crippen LogP contribution is 2.33. The number of hydrogen-bond acceptors (Lipinski definition) is 2. The second kappa shape index (κ2) is 8.34. The Morgan fingerprint density at radius 2 is 1.76 bits per heavy atom. The van der Waals surface area contributed by atoms with Crippen LogP contribution >= 0.6 is 0 Å². The molecular weight excluding hydrogens is 352 g/mol. The van der Waals surface area contributed by atoms with Crippen LogP contribution in [0.25, 0.3) is 22.0 Å². The average molecular weight is 381 g/mol. The minimum Gasteiger partial charge on any atom is -0.299 e. The Labute approximate surface area is 173 Å². The standard InChI is InChI=1S/C27H28N2/c1-2-8-22(9-3-1)23-13-15-29(16-14-23)20-21-7-6-11-24(17-21)26-18-25-10-4-5-12-27(25)28-19-26/h1-5,8-13,18-19,21H,6-7,14-17,20H2/t21-/m1/s1. The number of fused-ring (bicyclic) bond motifs is 1. The van der Waals surface area contributed by atoms with E-state index >= 15 is 0 Å². The first kappa shape index (κ1) is 18.3. The molecule has 2 aromatic carbocycles. The second-order valence-corrected chi connectivity index (χ2v) is 8.40. The minimum absolute atomic E-state index is 0.744. The summed E-state index contributed by atoms with van der Waals surface area (Å²) in [5.41, 5.74) is 6.76. The van der Waals surface area contributed by atoms with Crippen LogP contribution in [0.15, 0.2) is 79.0 Å². The number of nitrogens with zero attached hydrogens (tertiary/aromatic N) is 2. The van der Waals surface area contributed by atoms with Crippen LogP contribution in [-0.4, -0.2) is 29.5 Å². The van der Waals surface area contributed by atoms with Crippen LogP contribution in [-0.2, 0) is 0 Å². The van der Waals surface area contributed by atoms with Crippen molar-refractivity contribution >= 4 is 22.0 Å². The van der Waals surface area contributed by atoms with Gasteiger partial charge in [0, 0.05) is 31.2 Å². The first-order chi connectivity index (χ1) is 14.3. The molecule has 29 heavy (non-hydrogen) atoms. The molecule has 2 aliphatic rings. The molecule has 2 nitrogen and oxygen atoms in total. The zero-order chi connectivity index (χ0) is 19.5. The lowest BCUT2D eigenvalue weighted by molar-refractivity contribution is 0.244. The van der Waals surface area contributed by atoms with Crippen molar-refractivity contribution in [3.05, 3.63) is 90.1 Å². The molecule has 0 bridgehead atoms. The summed E-state index contributed by atoms with van der Waals surface area (Å²) in [6.45, 7) is 3.46. The normalized spacial score (nSPS) is 20.3. The number of rotatable bonds is 4. The first-order valence-corrected chi connectivity index (χ1v) is 10.9. The molecule has 1 atom stereocenters. The van der Waals surface area contributed by atoms with Gasteiger partial charge in [-0.1, -0.05) is 60.7 Å². The molecule has 0 unspecified atom stereocenters. The van der Waals surface area contributed by atoms with Gasteiger partial charge in [-0.25, -0.2) is 0 Å². The molecular formula is C27H28N2. The molecule has 3 aromatic rings. The van der Waals surface area contributed by atoms with E-state index in [1.807, 2.05) is 0 Å². The van der Waals surface area contributed by atoms with Crippen LogP contribution < -0.4 is 0 Å². The highest BCUT2D eigenvalue weighted by molar-refractivity contribution is 5.82. The maximum atomic E-state index is 4.68. The van der Waals surface area contributed by atoms with Crippen molar-refractivity contribution in [3.8, 4) is 0 Å². The predicted octanol–water partition coefficient (Wildman–Crippen LogP) is 6.21. The van der Waals surface area contributed by atoms with Gasteiger partial charge in [-0.3, -0.25) is 9.88 Å². The molecule has 0 saturated carbocycles. The van der Waals surface area contributed by atoms with E-state index in [0.717, 1.165) is 24.4 Å². The molecule has 0 spiro atoms. The number of benzene rings is 2. The minimum atomic E-state index is 0.744. The van der Waals surface area contributed by atoms with E-state index < -0.39 is 0 Å². The zero-order valence-electron chi connectivity index (χ0n) is 16.9. The van der Waals surface area contributed by atoms with Crippen LogP contribution in [0.2, 0.25) is 0 Å². The average Bonchev–Trinajstić information content (AvgIpc) is 2.80. The van der Waals surface area contributed by atoms with Crippen molar-refractivity contribution in [1.29, 1.82) is 0 Å². The first-order valence-electron chi connectivity index (χ1n) is 10.9. The van der Waals surface area contributed by atoms with Crippen LogP contribution in [0.4, 0.5) is 0 Å². The summed E-state index contributed by atoms with van der Waals surface area (Å²) < 4.78 is 0. The summed E-state index contributed by atoms with van der Waals surface area (Å²) in [7, 11) is 0. The third-order valence-corrected chi connectivity index (χ3v) is 6.39. The lowest BCUT2D eigenvalue weighted by atomic mass is 9.85. The van der Waals surface area contributed by atoms with Gasteiger partial charge in [-0.15, -0.1) is 0 Å². The zero-order valence-corrected chi connectivity index (χ0v) is 16.9. The highest BCUT2D eigenvalue weighted by atomic mass is 15.1. The van der Waals surface area contributed by atoms with Crippen molar-refractivity contribution < 1.29 is 0 Å². The van der Waals surface area contributed by atoms with Gasteiger partial charge in [-0.2, -0.15) is 0 Å². The summed E-state index contributed by atoms with van der Waals surface area (Å²) in [5.74, 6) is 0.744. The van der Waals surface area contributed by atoms with E-state index in [9.17, 15) is 0 Å². The third-order valence-electron chi connectivity index (χ3n) is 6.39. The van der Waals surface area contributed by atoms with Crippen LogP contribution in [0, 0.1) is 5.92 Å². The number of allylic oxidation sites excluding steroid dienone is 2. The van der Waals surface area contributed by atoms with Gasteiger partial charge >= 0.3 is 0 Å². The van der Waals surface area contributed by atoms with Gasteiger partial charge in [0.05, 0.1) is 5.52 Å². The van der Waals surface area contributed by atoms with Crippen molar-refractivity contribution in [2.24, 2.45) is 5.92 Å². The second-order valence-electron chi connectivity index (χ2n) is 8.40. The number of pyridine rings is 1. The smallest absolute Gasteiger partial charge is 0.0702 e. The SMILES string of the molecule is C1=C(c2ccccc2)CCN(C[C@@H]2CCC=C(c3cnc4ccccc4c3)C2)C1. The fourth-order valence-corrected chi connectivity index (χ4v) is 4.78. The van der Waals surface area contributed by atoms with Gasteiger partial charge in [0.25, 0.3) is 0 Å². The van der Waals surface area contributed by atoms with E-state index in [-0.39, 0.29) is 0 Å². The Balaban J connectivity index is 1.23. The van der Waals surface area contributed by atoms with E-state index in [4.69, 9.17) is 0 Å². The van der Waals surface area contributed by atoms with Crippen LogP contribution in [0.3, 0.4) is 0 Å². The Morgan fingerprint density at radius 3 is 2.62 bits per heavy atom. The summed E-state index contributed by atoms with van der Waals surface area (Å²) in [5, 5.41) is 1.24. The van der Waals surface area contributed by atoms with Crippen molar-refractivity contribution in [2.75, 3.05) is 19.6 Å². The molecule has 2 heteroatoms. The van der Waals surface area contributed by atoms with E-state index in [0.29, 0.717) is 0 Å². The topological polar surface area (TPSA) is 16.1 Å². The molecule has 0 amide bonds. The van der Waals surface area contributed by atoms with E-state index in [2.05, 4.69) is 88.9 Å². The van der Waals surface area contributed by atoms with Crippen molar-refractivity contribution in [1.82, 2.24) is 9.88 Å². The van der Waals surface area contributed by atoms with Gasteiger partial charge in [0.2, 0.25) is 0 Å². The number of aromatic nitrogens is 1. The molecule has 0 fully saturated rings. The molecule has 5 rings (SSSR count). The molecule has 146 valence electrons. The van der Waals surface area contributed by atoms with E-state index in [1.54, 1.807) is 0 Å². The third kappa shape index (κ3) is 4.18. The van der Waals surface area contributed by atoms with Crippen LogP contribution in [0.1, 0.15) is 36.8 Å². The van der Waals surface area contributed by atoms with Crippen molar-refractivity contribution in [2.45, 2.75) is 25.7 Å². The fraction of sp³-hybridized carbons (Fsp3) is 0.296. The fourth-order valence-electron chi connectivity index (χ4n) is 4.78. The van der Waals surface area contributed by atoms with Gasteiger partial charge < -0.3 is 0 Å². The van der Waals surface area contributed by atoms with Crippen molar-refractivity contribution in [3.63, 3.8) is 0 Å². The molecule has 1 aromatic heterocycles. The van der Waals surface area contributed by atoms with Crippen LogP contribution in [0.5, 0.6) is 0 Å². The summed E-state index contributed by atoms with van der Waals surface area (Å²) >= 11 is 0.